The molecule has 0 unspecified atom stereocenters. The minimum atomic E-state index is -0.603. The third-order valence-corrected chi connectivity index (χ3v) is 5.68. The molecule has 0 saturated carbocycles. The summed E-state index contributed by atoms with van der Waals surface area (Å²) in [7, 11) is 1.57. The third-order valence-electron chi connectivity index (χ3n) is 5.68. The van der Waals surface area contributed by atoms with Gasteiger partial charge in [-0.15, -0.1) is 0 Å². The molecule has 0 atom stereocenters. The van der Waals surface area contributed by atoms with Gasteiger partial charge in [-0.1, -0.05) is 12.1 Å². The standard InChI is InChI=1S/C26H34N4O5/c1-4-34-12-10-28-9-6-11-35-24-14-22-19(13-23(24)33-3)25(20(15-29-22)26(27)32)30-21-8-5-7-18(16-31)17(21)2/h5,7-8,13-15,28,31H,4,6,9-12,16H2,1-3H3,(H2,27,32)(H,29,30). The predicted octanol–water partition coefficient (Wildman–Crippen LogP) is 3.28. The van der Waals surface area contributed by atoms with Crippen molar-refractivity contribution in [3.05, 3.63) is 53.2 Å². The number of carbonyl (C=O) groups is 1. The summed E-state index contributed by atoms with van der Waals surface area (Å²) in [5.41, 5.74) is 9.46. The highest BCUT2D eigenvalue weighted by atomic mass is 16.5. The zero-order valence-electron chi connectivity index (χ0n) is 20.5. The van der Waals surface area contributed by atoms with Gasteiger partial charge in [-0.05, 0) is 50.1 Å². The molecule has 2 aromatic carbocycles. The van der Waals surface area contributed by atoms with E-state index in [1.165, 1.54) is 6.20 Å². The molecule has 1 amide bonds. The zero-order chi connectivity index (χ0) is 25.2. The topological polar surface area (TPSA) is 128 Å². The van der Waals surface area contributed by atoms with Gasteiger partial charge in [-0.2, -0.15) is 0 Å². The highest BCUT2D eigenvalue weighted by molar-refractivity contribution is 6.08. The van der Waals surface area contributed by atoms with Crippen molar-refractivity contribution in [3.63, 3.8) is 0 Å². The first kappa shape index (κ1) is 26.2. The van der Waals surface area contributed by atoms with Gasteiger partial charge in [0.2, 0.25) is 0 Å². The molecule has 0 bridgehead atoms. The number of anilines is 2. The number of benzene rings is 2. The van der Waals surface area contributed by atoms with Gasteiger partial charge in [-0.3, -0.25) is 9.78 Å². The van der Waals surface area contributed by atoms with Gasteiger partial charge < -0.3 is 35.7 Å². The fourth-order valence-corrected chi connectivity index (χ4v) is 3.71. The number of fused-ring (bicyclic) bond motifs is 1. The summed E-state index contributed by atoms with van der Waals surface area (Å²) >= 11 is 0. The van der Waals surface area contributed by atoms with Crippen LogP contribution < -0.4 is 25.8 Å². The van der Waals surface area contributed by atoms with Crippen LogP contribution in [-0.4, -0.2) is 56.0 Å². The second-order valence-corrected chi connectivity index (χ2v) is 7.95. The van der Waals surface area contributed by atoms with Crippen LogP contribution in [0.25, 0.3) is 10.9 Å². The Hall–Kier alpha value is -3.40. The van der Waals surface area contributed by atoms with E-state index < -0.39 is 5.91 Å². The van der Waals surface area contributed by atoms with E-state index in [1.54, 1.807) is 19.2 Å². The van der Waals surface area contributed by atoms with E-state index in [9.17, 15) is 9.90 Å². The first-order chi connectivity index (χ1) is 17.0. The van der Waals surface area contributed by atoms with Gasteiger partial charge in [0, 0.05) is 36.5 Å². The van der Waals surface area contributed by atoms with Crippen molar-refractivity contribution in [2.75, 3.05) is 45.3 Å². The molecule has 188 valence electrons. The number of pyridine rings is 1. The number of nitrogens with one attached hydrogen (secondary N) is 2. The Balaban J connectivity index is 1.86. The third kappa shape index (κ3) is 6.60. The van der Waals surface area contributed by atoms with E-state index >= 15 is 0 Å². The minimum Gasteiger partial charge on any atom is -0.493 e. The first-order valence-corrected chi connectivity index (χ1v) is 11.7. The number of amides is 1. The number of ether oxygens (including phenoxy) is 3. The maximum atomic E-state index is 12.2. The number of aromatic nitrogens is 1. The molecule has 0 aliphatic carbocycles. The number of nitrogens with zero attached hydrogens (tertiary/aromatic N) is 1. The smallest absolute Gasteiger partial charge is 0.252 e. The summed E-state index contributed by atoms with van der Waals surface area (Å²) in [4.78, 5) is 16.6. The fraction of sp³-hybridized carbons (Fsp3) is 0.385. The molecule has 9 heteroatoms. The highest BCUT2D eigenvalue weighted by Gasteiger charge is 2.18. The van der Waals surface area contributed by atoms with Gasteiger partial charge in [0.25, 0.3) is 5.91 Å². The van der Waals surface area contributed by atoms with Crippen LogP contribution >= 0.6 is 0 Å². The van der Waals surface area contributed by atoms with Gasteiger partial charge in [0.15, 0.2) is 11.5 Å². The molecule has 0 radical (unpaired) electrons. The van der Waals surface area contributed by atoms with Crippen LogP contribution in [0.5, 0.6) is 11.5 Å². The summed E-state index contributed by atoms with van der Waals surface area (Å²) < 4.78 is 16.9. The van der Waals surface area contributed by atoms with Crippen LogP contribution in [0.15, 0.2) is 36.5 Å². The van der Waals surface area contributed by atoms with E-state index in [4.69, 9.17) is 19.9 Å². The van der Waals surface area contributed by atoms with Crippen molar-refractivity contribution in [3.8, 4) is 11.5 Å². The van der Waals surface area contributed by atoms with Crippen LogP contribution in [0.4, 0.5) is 11.4 Å². The SMILES string of the molecule is CCOCCNCCCOc1cc2ncc(C(N)=O)c(Nc3cccc(CO)c3C)c2cc1OC. The largest absolute Gasteiger partial charge is 0.493 e. The summed E-state index contributed by atoms with van der Waals surface area (Å²) in [6.07, 6.45) is 2.27. The second-order valence-electron chi connectivity index (χ2n) is 7.95. The van der Waals surface area contributed by atoms with Crippen molar-refractivity contribution in [2.45, 2.75) is 26.9 Å². The van der Waals surface area contributed by atoms with Crippen LogP contribution in [0.2, 0.25) is 0 Å². The Kier molecular flexibility index (Phi) is 9.66. The Morgan fingerprint density at radius 3 is 2.71 bits per heavy atom. The number of carbonyl (C=O) groups excluding carboxylic acids is 1. The number of hydrogen-bond acceptors (Lipinski definition) is 8. The molecule has 3 rings (SSSR count). The monoisotopic (exact) mass is 482 g/mol. The number of aliphatic hydroxyl groups excluding tert-OH is 1. The van der Waals surface area contributed by atoms with Crippen molar-refractivity contribution < 1.29 is 24.1 Å². The fourth-order valence-electron chi connectivity index (χ4n) is 3.71. The van der Waals surface area contributed by atoms with Crippen LogP contribution in [0.3, 0.4) is 0 Å². The van der Waals surface area contributed by atoms with E-state index in [-0.39, 0.29) is 12.2 Å². The summed E-state index contributed by atoms with van der Waals surface area (Å²) in [6.45, 7) is 7.31. The molecule has 0 spiro atoms. The minimum absolute atomic E-state index is 0.0856. The van der Waals surface area contributed by atoms with Crippen molar-refractivity contribution in [1.29, 1.82) is 0 Å². The Labute approximate surface area is 205 Å². The maximum absolute atomic E-state index is 12.2. The Morgan fingerprint density at radius 1 is 1.17 bits per heavy atom. The zero-order valence-corrected chi connectivity index (χ0v) is 20.5. The Morgan fingerprint density at radius 2 is 2.00 bits per heavy atom. The van der Waals surface area contributed by atoms with Gasteiger partial charge in [0.05, 0.1) is 43.7 Å². The Bertz CT molecular complexity index is 1150. The highest BCUT2D eigenvalue weighted by Crippen LogP contribution is 2.38. The normalized spacial score (nSPS) is 11.0. The molecular formula is C26H34N4O5. The van der Waals surface area contributed by atoms with Crippen LogP contribution in [0, 0.1) is 6.92 Å². The van der Waals surface area contributed by atoms with E-state index in [0.717, 1.165) is 36.3 Å². The second kappa shape index (κ2) is 12.9. The lowest BCUT2D eigenvalue weighted by molar-refractivity contribution is 0.100. The molecule has 5 N–H and O–H groups in total. The molecule has 1 aromatic heterocycles. The summed E-state index contributed by atoms with van der Waals surface area (Å²) in [5, 5.41) is 16.9. The molecule has 3 aromatic rings. The lowest BCUT2D eigenvalue weighted by atomic mass is 10.0. The van der Waals surface area contributed by atoms with Crippen LogP contribution in [0.1, 0.15) is 34.8 Å². The average Bonchev–Trinajstić information content (AvgIpc) is 2.86. The predicted molar refractivity (Wildman–Crippen MR) is 137 cm³/mol. The van der Waals surface area contributed by atoms with E-state index in [1.807, 2.05) is 32.0 Å². The molecular weight excluding hydrogens is 448 g/mol. The number of rotatable bonds is 14. The molecule has 35 heavy (non-hydrogen) atoms. The van der Waals surface area contributed by atoms with Crippen molar-refractivity contribution in [2.24, 2.45) is 5.73 Å². The molecule has 0 saturated heterocycles. The van der Waals surface area contributed by atoms with E-state index in [0.29, 0.717) is 47.9 Å². The molecule has 9 nitrogen and oxygen atoms in total. The summed E-state index contributed by atoms with van der Waals surface area (Å²) in [5.74, 6) is 0.487. The number of primary amides is 1. The average molecular weight is 483 g/mol. The quantitative estimate of drug-likeness (QED) is 0.258. The lowest BCUT2D eigenvalue weighted by Gasteiger charge is -2.18. The molecule has 0 aliphatic heterocycles. The van der Waals surface area contributed by atoms with Gasteiger partial charge >= 0.3 is 0 Å². The van der Waals surface area contributed by atoms with Crippen LogP contribution in [-0.2, 0) is 11.3 Å². The molecule has 0 aliphatic rings. The number of nitrogens with two attached hydrogens (primary N) is 1. The van der Waals surface area contributed by atoms with Gasteiger partial charge in [0.1, 0.15) is 0 Å². The molecule has 1 heterocycles. The lowest BCUT2D eigenvalue weighted by Crippen LogP contribution is -2.22. The van der Waals surface area contributed by atoms with Gasteiger partial charge in [-0.25, -0.2) is 0 Å². The van der Waals surface area contributed by atoms with Crippen molar-refractivity contribution in [1.82, 2.24) is 10.3 Å². The number of hydrogen-bond donors (Lipinski definition) is 4. The maximum Gasteiger partial charge on any atom is 0.252 e. The number of aliphatic hydroxyl groups is 1. The molecule has 0 fully saturated rings. The van der Waals surface area contributed by atoms with E-state index in [2.05, 4.69) is 15.6 Å². The number of methoxy groups -OCH3 is 1. The summed E-state index contributed by atoms with van der Waals surface area (Å²) in [6, 6.07) is 9.15. The van der Waals surface area contributed by atoms with Crippen molar-refractivity contribution >= 4 is 28.2 Å². The first-order valence-electron chi connectivity index (χ1n) is 11.7.